The number of hydrogen-bond acceptors (Lipinski definition) is 4. The van der Waals surface area contributed by atoms with E-state index in [1.165, 1.54) is 18.5 Å². The highest BCUT2D eigenvalue weighted by atomic mass is 16.3. The minimum Gasteiger partial charge on any atom is -0.505 e. The second-order valence-corrected chi connectivity index (χ2v) is 2.37. The van der Waals surface area contributed by atoms with Crippen LogP contribution in [0.15, 0.2) is 18.5 Å². The van der Waals surface area contributed by atoms with Crippen LogP contribution < -0.4 is 5.32 Å². The molecule has 0 aliphatic carbocycles. The third-order valence-electron chi connectivity index (χ3n) is 1.44. The Morgan fingerprint density at radius 3 is 3.00 bits per heavy atom. The molecule has 0 radical (unpaired) electrons. The van der Waals surface area contributed by atoms with Crippen LogP contribution in [0.25, 0.3) is 0 Å². The zero-order valence-electron chi connectivity index (χ0n) is 6.90. The number of aliphatic hydroxyl groups is 1. The van der Waals surface area contributed by atoms with Gasteiger partial charge in [0, 0.05) is 12.7 Å². The number of pyridine rings is 1. The van der Waals surface area contributed by atoms with Crippen LogP contribution in [-0.4, -0.2) is 34.3 Å². The molecule has 0 aromatic carbocycles. The van der Waals surface area contributed by atoms with Crippen LogP contribution in [0.1, 0.15) is 10.4 Å². The summed E-state index contributed by atoms with van der Waals surface area (Å²) in [6.07, 6.45) is 2.60. The van der Waals surface area contributed by atoms with E-state index in [1.54, 1.807) is 0 Å². The molecule has 0 aliphatic rings. The molecule has 0 saturated heterocycles. The van der Waals surface area contributed by atoms with Crippen LogP contribution in [0.2, 0.25) is 0 Å². The Balaban J connectivity index is 2.71. The van der Waals surface area contributed by atoms with Gasteiger partial charge >= 0.3 is 0 Å². The molecule has 0 saturated carbocycles. The molecule has 0 unspecified atom stereocenters. The van der Waals surface area contributed by atoms with Gasteiger partial charge in [-0.1, -0.05) is 0 Å². The largest absolute Gasteiger partial charge is 0.505 e. The molecule has 0 fully saturated rings. The van der Waals surface area contributed by atoms with Crippen molar-refractivity contribution in [3.05, 3.63) is 24.0 Å². The third kappa shape index (κ3) is 2.41. The van der Waals surface area contributed by atoms with E-state index in [1.807, 2.05) is 0 Å². The molecule has 5 heteroatoms. The molecule has 0 bridgehead atoms. The van der Waals surface area contributed by atoms with E-state index in [2.05, 4.69) is 10.3 Å². The molecule has 70 valence electrons. The van der Waals surface area contributed by atoms with Gasteiger partial charge in [-0.2, -0.15) is 0 Å². The number of carbonyl (C=O) groups is 1. The van der Waals surface area contributed by atoms with Crippen LogP contribution in [0.4, 0.5) is 0 Å². The predicted octanol–water partition coefficient (Wildman–Crippen LogP) is -0.491. The Kier molecular flexibility index (Phi) is 3.22. The lowest BCUT2D eigenvalue weighted by Gasteiger charge is -2.03. The topological polar surface area (TPSA) is 82.5 Å². The Hall–Kier alpha value is -1.62. The Bertz CT molecular complexity index is 301. The fourth-order valence-corrected chi connectivity index (χ4v) is 0.843. The quantitative estimate of drug-likeness (QED) is 0.589. The minimum absolute atomic E-state index is 0.127. The van der Waals surface area contributed by atoms with Gasteiger partial charge in [-0.05, 0) is 6.07 Å². The molecular weight excluding hydrogens is 172 g/mol. The molecule has 5 nitrogen and oxygen atoms in total. The lowest BCUT2D eigenvalue weighted by Crippen LogP contribution is -2.26. The number of aromatic nitrogens is 1. The molecule has 0 aliphatic heterocycles. The van der Waals surface area contributed by atoms with Crippen molar-refractivity contribution in [3.8, 4) is 5.75 Å². The summed E-state index contributed by atoms with van der Waals surface area (Å²) in [6.45, 7) is 0.0399. The number of nitrogens with one attached hydrogen (secondary N) is 1. The summed E-state index contributed by atoms with van der Waals surface area (Å²) in [5, 5.41) is 20.0. The van der Waals surface area contributed by atoms with E-state index in [0.29, 0.717) is 0 Å². The highest BCUT2D eigenvalue weighted by Gasteiger charge is 2.08. The van der Waals surface area contributed by atoms with Gasteiger partial charge < -0.3 is 15.5 Å². The first kappa shape index (κ1) is 9.47. The maximum absolute atomic E-state index is 11.2. The van der Waals surface area contributed by atoms with Crippen molar-refractivity contribution < 1.29 is 15.0 Å². The summed E-state index contributed by atoms with van der Waals surface area (Å²) < 4.78 is 0. The van der Waals surface area contributed by atoms with Gasteiger partial charge in [0.1, 0.15) is 5.75 Å². The number of amides is 1. The summed E-state index contributed by atoms with van der Waals surface area (Å²) >= 11 is 0. The van der Waals surface area contributed by atoms with Gasteiger partial charge in [0.2, 0.25) is 0 Å². The van der Waals surface area contributed by atoms with E-state index in [4.69, 9.17) is 5.11 Å². The Morgan fingerprint density at radius 1 is 1.62 bits per heavy atom. The van der Waals surface area contributed by atoms with Gasteiger partial charge in [-0.15, -0.1) is 0 Å². The van der Waals surface area contributed by atoms with Crippen molar-refractivity contribution in [2.24, 2.45) is 0 Å². The molecule has 0 spiro atoms. The third-order valence-corrected chi connectivity index (χ3v) is 1.44. The van der Waals surface area contributed by atoms with Crippen molar-refractivity contribution in [2.75, 3.05) is 13.2 Å². The van der Waals surface area contributed by atoms with Gasteiger partial charge in [-0.3, -0.25) is 9.78 Å². The number of carbonyl (C=O) groups excluding carboxylic acids is 1. The smallest absolute Gasteiger partial charge is 0.255 e. The van der Waals surface area contributed by atoms with Crippen LogP contribution in [0.5, 0.6) is 5.75 Å². The predicted molar refractivity (Wildman–Crippen MR) is 45.3 cm³/mol. The lowest BCUT2D eigenvalue weighted by molar-refractivity contribution is 0.0942. The van der Waals surface area contributed by atoms with Crippen molar-refractivity contribution in [1.29, 1.82) is 0 Å². The maximum atomic E-state index is 11.2. The van der Waals surface area contributed by atoms with E-state index >= 15 is 0 Å². The first-order valence-electron chi connectivity index (χ1n) is 3.77. The molecule has 1 aromatic rings. The zero-order chi connectivity index (χ0) is 9.68. The summed E-state index contributed by atoms with van der Waals surface area (Å²) in [5.74, 6) is -0.591. The normalized spacial score (nSPS) is 9.62. The fraction of sp³-hybridized carbons (Fsp3) is 0.250. The molecule has 1 rings (SSSR count). The molecule has 3 N–H and O–H groups in total. The van der Waals surface area contributed by atoms with Gasteiger partial charge in [0.25, 0.3) is 5.91 Å². The maximum Gasteiger partial charge on any atom is 0.255 e. The fourth-order valence-electron chi connectivity index (χ4n) is 0.843. The van der Waals surface area contributed by atoms with E-state index < -0.39 is 5.91 Å². The standard InChI is InChI=1S/C8H10N2O3/c11-4-3-10-8(13)6-1-2-9-5-7(6)12/h1-2,5,11-12H,3-4H2,(H,10,13). The van der Waals surface area contributed by atoms with Crippen LogP contribution in [0, 0.1) is 0 Å². The molecule has 1 amide bonds. The van der Waals surface area contributed by atoms with E-state index in [-0.39, 0.29) is 24.5 Å². The second kappa shape index (κ2) is 4.42. The van der Waals surface area contributed by atoms with E-state index in [9.17, 15) is 9.90 Å². The first-order chi connectivity index (χ1) is 6.25. The Labute approximate surface area is 75.0 Å². The van der Waals surface area contributed by atoms with Crippen molar-refractivity contribution in [1.82, 2.24) is 10.3 Å². The highest BCUT2D eigenvalue weighted by Crippen LogP contribution is 2.12. The average molecular weight is 182 g/mol. The monoisotopic (exact) mass is 182 g/mol. The molecule has 1 aromatic heterocycles. The average Bonchev–Trinajstić information content (AvgIpc) is 2.15. The SMILES string of the molecule is O=C(NCCO)c1ccncc1O. The number of hydrogen-bond donors (Lipinski definition) is 3. The highest BCUT2D eigenvalue weighted by molar-refractivity contribution is 5.96. The van der Waals surface area contributed by atoms with Crippen LogP contribution in [-0.2, 0) is 0 Å². The number of rotatable bonds is 3. The number of nitrogens with zero attached hydrogens (tertiary/aromatic N) is 1. The second-order valence-electron chi connectivity index (χ2n) is 2.37. The molecule has 0 atom stereocenters. The zero-order valence-corrected chi connectivity index (χ0v) is 6.90. The van der Waals surface area contributed by atoms with Gasteiger partial charge in [0.05, 0.1) is 18.4 Å². The summed E-state index contributed by atoms with van der Waals surface area (Å²) in [6, 6.07) is 1.40. The van der Waals surface area contributed by atoms with Crippen molar-refractivity contribution in [2.45, 2.75) is 0 Å². The summed E-state index contributed by atoms with van der Waals surface area (Å²) in [4.78, 5) is 14.8. The van der Waals surface area contributed by atoms with Gasteiger partial charge in [0.15, 0.2) is 0 Å². The van der Waals surface area contributed by atoms with Crippen molar-refractivity contribution in [3.63, 3.8) is 0 Å². The summed E-state index contributed by atoms with van der Waals surface area (Å²) in [5.41, 5.74) is 0.156. The lowest BCUT2D eigenvalue weighted by atomic mass is 10.2. The number of aromatic hydroxyl groups is 1. The molecular formula is C8H10N2O3. The van der Waals surface area contributed by atoms with Crippen LogP contribution >= 0.6 is 0 Å². The molecule has 13 heavy (non-hydrogen) atoms. The van der Waals surface area contributed by atoms with E-state index in [0.717, 1.165) is 0 Å². The molecule has 1 heterocycles. The summed E-state index contributed by atoms with van der Waals surface area (Å²) in [7, 11) is 0. The Morgan fingerprint density at radius 2 is 2.38 bits per heavy atom. The van der Waals surface area contributed by atoms with Crippen LogP contribution in [0.3, 0.4) is 0 Å². The van der Waals surface area contributed by atoms with Gasteiger partial charge in [-0.25, -0.2) is 0 Å². The number of aliphatic hydroxyl groups excluding tert-OH is 1. The first-order valence-corrected chi connectivity index (χ1v) is 3.77. The van der Waals surface area contributed by atoms with Crippen molar-refractivity contribution >= 4 is 5.91 Å². The minimum atomic E-state index is -0.422.